The summed E-state index contributed by atoms with van der Waals surface area (Å²) in [6, 6.07) is 4.64. The highest BCUT2D eigenvalue weighted by atomic mass is 19.1. The molecule has 4 nitrogen and oxygen atoms in total. The molecule has 0 bridgehead atoms. The van der Waals surface area contributed by atoms with Gasteiger partial charge in [0.15, 0.2) is 0 Å². The second-order valence-corrected chi connectivity index (χ2v) is 3.81. The van der Waals surface area contributed by atoms with Crippen molar-refractivity contribution in [1.82, 2.24) is 9.78 Å². The lowest BCUT2D eigenvalue weighted by atomic mass is 10.1. The largest absolute Gasteiger partial charge is 0.478 e. The van der Waals surface area contributed by atoms with Crippen LogP contribution in [0.5, 0.6) is 0 Å². The molecule has 0 aliphatic rings. The number of benzene rings is 1. The van der Waals surface area contributed by atoms with Crippen LogP contribution in [0.25, 0.3) is 5.69 Å². The molecule has 5 heteroatoms. The van der Waals surface area contributed by atoms with Crippen LogP contribution in [0.3, 0.4) is 0 Å². The molecular weight excluding hydrogens is 223 g/mol. The summed E-state index contributed by atoms with van der Waals surface area (Å²) < 4.78 is 15.1. The summed E-state index contributed by atoms with van der Waals surface area (Å²) >= 11 is 0. The molecule has 0 saturated heterocycles. The van der Waals surface area contributed by atoms with E-state index in [1.807, 2.05) is 6.92 Å². The zero-order valence-corrected chi connectivity index (χ0v) is 9.44. The third-order valence-electron chi connectivity index (χ3n) is 2.55. The molecule has 1 aromatic heterocycles. The number of aryl methyl sites for hydroxylation is 2. The van der Waals surface area contributed by atoms with Gasteiger partial charge in [0.1, 0.15) is 5.82 Å². The van der Waals surface area contributed by atoms with E-state index in [0.717, 1.165) is 5.69 Å². The molecule has 0 unspecified atom stereocenters. The van der Waals surface area contributed by atoms with Crippen molar-refractivity contribution < 1.29 is 14.3 Å². The smallest absolute Gasteiger partial charge is 0.338 e. The highest BCUT2D eigenvalue weighted by Gasteiger charge is 2.15. The van der Waals surface area contributed by atoms with E-state index in [9.17, 15) is 9.18 Å². The first kappa shape index (κ1) is 11.3. The average Bonchev–Trinajstić information content (AvgIpc) is 2.68. The number of carboxylic acids is 1. The quantitative estimate of drug-likeness (QED) is 0.867. The number of halogens is 1. The molecule has 0 saturated carbocycles. The second-order valence-electron chi connectivity index (χ2n) is 3.81. The van der Waals surface area contributed by atoms with Gasteiger partial charge in [-0.2, -0.15) is 5.10 Å². The fraction of sp³-hybridized carbons (Fsp3) is 0.167. The zero-order valence-electron chi connectivity index (χ0n) is 9.44. The van der Waals surface area contributed by atoms with Crippen molar-refractivity contribution in [2.45, 2.75) is 13.8 Å². The summed E-state index contributed by atoms with van der Waals surface area (Å²) in [6.45, 7) is 3.37. The van der Waals surface area contributed by atoms with Gasteiger partial charge in [-0.3, -0.25) is 0 Å². The Labute approximate surface area is 97.3 Å². The van der Waals surface area contributed by atoms with Gasteiger partial charge in [-0.15, -0.1) is 0 Å². The van der Waals surface area contributed by atoms with E-state index in [-0.39, 0.29) is 11.1 Å². The first-order chi connectivity index (χ1) is 8.00. The Morgan fingerprint density at radius 3 is 2.65 bits per heavy atom. The van der Waals surface area contributed by atoms with Crippen LogP contribution in [0.4, 0.5) is 4.39 Å². The number of aromatic nitrogens is 2. The fourth-order valence-electron chi connectivity index (χ4n) is 1.67. The van der Waals surface area contributed by atoms with Gasteiger partial charge in [0.2, 0.25) is 0 Å². The molecule has 17 heavy (non-hydrogen) atoms. The van der Waals surface area contributed by atoms with Gasteiger partial charge < -0.3 is 5.11 Å². The van der Waals surface area contributed by atoms with E-state index in [0.29, 0.717) is 5.69 Å². The Kier molecular flexibility index (Phi) is 2.67. The number of hydrogen-bond donors (Lipinski definition) is 1. The third kappa shape index (κ3) is 1.91. The van der Waals surface area contributed by atoms with Crippen LogP contribution in [0.2, 0.25) is 0 Å². The molecule has 1 N–H and O–H groups in total. The molecule has 0 amide bonds. The van der Waals surface area contributed by atoms with Gasteiger partial charge in [0.05, 0.1) is 11.3 Å². The summed E-state index contributed by atoms with van der Waals surface area (Å²) in [7, 11) is 0. The van der Waals surface area contributed by atoms with E-state index in [1.54, 1.807) is 23.0 Å². The van der Waals surface area contributed by atoms with Gasteiger partial charge in [-0.1, -0.05) is 0 Å². The molecule has 0 spiro atoms. The van der Waals surface area contributed by atoms with Crippen molar-refractivity contribution in [1.29, 1.82) is 0 Å². The van der Waals surface area contributed by atoms with Crippen LogP contribution < -0.4 is 0 Å². The molecule has 0 aliphatic carbocycles. The maximum Gasteiger partial charge on any atom is 0.338 e. The van der Waals surface area contributed by atoms with Gasteiger partial charge in [0.25, 0.3) is 0 Å². The molecule has 0 atom stereocenters. The highest BCUT2D eigenvalue weighted by Crippen LogP contribution is 2.19. The highest BCUT2D eigenvalue weighted by molar-refractivity contribution is 5.89. The lowest BCUT2D eigenvalue weighted by Gasteiger charge is -2.08. The molecule has 1 heterocycles. The van der Waals surface area contributed by atoms with E-state index in [1.165, 1.54) is 13.0 Å². The van der Waals surface area contributed by atoms with Crippen molar-refractivity contribution in [2.75, 3.05) is 0 Å². The molecule has 1 aromatic carbocycles. The number of hydrogen-bond acceptors (Lipinski definition) is 2. The minimum absolute atomic E-state index is 0.287. The van der Waals surface area contributed by atoms with Gasteiger partial charge in [-0.25, -0.2) is 13.9 Å². The second kappa shape index (κ2) is 4.01. The lowest BCUT2D eigenvalue weighted by Crippen LogP contribution is -2.07. The fourth-order valence-corrected chi connectivity index (χ4v) is 1.67. The maximum absolute atomic E-state index is 13.6. The van der Waals surface area contributed by atoms with Gasteiger partial charge in [0, 0.05) is 11.9 Å². The molecule has 0 fully saturated rings. The van der Waals surface area contributed by atoms with E-state index in [4.69, 9.17) is 5.11 Å². The van der Waals surface area contributed by atoms with Crippen molar-refractivity contribution in [3.8, 4) is 5.69 Å². The van der Waals surface area contributed by atoms with E-state index >= 15 is 0 Å². The SMILES string of the molecule is Cc1cc(-n2nccc2C)cc(C(=O)O)c1F. The average molecular weight is 234 g/mol. The number of nitrogens with zero attached hydrogens (tertiary/aromatic N) is 2. The zero-order chi connectivity index (χ0) is 12.6. The molecular formula is C12H11FN2O2. The van der Waals surface area contributed by atoms with Crippen LogP contribution >= 0.6 is 0 Å². The van der Waals surface area contributed by atoms with E-state index in [2.05, 4.69) is 5.10 Å². The first-order valence-electron chi connectivity index (χ1n) is 5.05. The standard InChI is InChI=1S/C12H11FN2O2/c1-7-5-9(15-8(2)3-4-14-15)6-10(11(7)13)12(16)17/h3-6H,1-2H3,(H,16,17). The number of aromatic carboxylic acids is 1. The normalized spacial score (nSPS) is 10.5. The molecule has 0 radical (unpaired) electrons. The van der Waals surface area contributed by atoms with Crippen LogP contribution in [0, 0.1) is 19.7 Å². The van der Waals surface area contributed by atoms with Crippen LogP contribution in [0.15, 0.2) is 24.4 Å². The number of carbonyl (C=O) groups is 1. The summed E-state index contributed by atoms with van der Waals surface area (Å²) in [5.41, 5.74) is 1.35. The summed E-state index contributed by atoms with van der Waals surface area (Å²) in [5.74, 6) is -1.98. The Hall–Kier alpha value is -2.17. The first-order valence-corrected chi connectivity index (χ1v) is 5.05. The van der Waals surface area contributed by atoms with Crippen LogP contribution in [-0.4, -0.2) is 20.9 Å². The van der Waals surface area contributed by atoms with E-state index < -0.39 is 11.8 Å². The summed E-state index contributed by atoms with van der Waals surface area (Å²) in [4.78, 5) is 10.9. The summed E-state index contributed by atoms with van der Waals surface area (Å²) in [5, 5.41) is 13.0. The maximum atomic E-state index is 13.6. The predicted octanol–water partition coefficient (Wildman–Crippen LogP) is 2.33. The van der Waals surface area contributed by atoms with Crippen molar-refractivity contribution in [3.05, 3.63) is 47.0 Å². The molecule has 0 aliphatic heterocycles. The van der Waals surface area contributed by atoms with Crippen molar-refractivity contribution >= 4 is 5.97 Å². The predicted molar refractivity (Wildman–Crippen MR) is 60.0 cm³/mol. The van der Waals surface area contributed by atoms with Crippen molar-refractivity contribution in [3.63, 3.8) is 0 Å². The number of rotatable bonds is 2. The van der Waals surface area contributed by atoms with Gasteiger partial charge >= 0.3 is 5.97 Å². The molecule has 2 aromatic rings. The number of carboxylic acid groups (broad SMARTS) is 1. The minimum Gasteiger partial charge on any atom is -0.478 e. The Bertz CT molecular complexity index is 590. The molecule has 2 rings (SSSR count). The van der Waals surface area contributed by atoms with Crippen LogP contribution in [-0.2, 0) is 0 Å². The Balaban J connectivity index is 2.65. The lowest BCUT2D eigenvalue weighted by molar-refractivity contribution is 0.0691. The summed E-state index contributed by atoms with van der Waals surface area (Å²) in [6.07, 6.45) is 1.61. The monoisotopic (exact) mass is 234 g/mol. The molecule has 88 valence electrons. The Morgan fingerprint density at radius 2 is 2.12 bits per heavy atom. The minimum atomic E-state index is -1.28. The van der Waals surface area contributed by atoms with Crippen molar-refractivity contribution in [2.24, 2.45) is 0 Å². The third-order valence-corrected chi connectivity index (χ3v) is 2.55. The Morgan fingerprint density at radius 1 is 1.41 bits per heavy atom. The van der Waals surface area contributed by atoms with Crippen LogP contribution in [0.1, 0.15) is 21.6 Å². The van der Waals surface area contributed by atoms with Gasteiger partial charge in [-0.05, 0) is 37.6 Å². The topological polar surface area (TPSA) is 55.1 Å².